The zero-order valence-electron chi connectivity index (χ0n) is 9.91. The van der Waals surface area contributed by atoms with Crippen LogP contribution < -0.4 is 10.5 Å². The summed E-state index contributed by atoms with van der Waals surface area (Å²) in [5.74, 6) is 0.805. The lowest BCUT2D eigenvalue weighted by Crippen LogP contribution is -2.12. The lowest BCUT2D eigenvalue weighted by molar-refractivity contribution is 0.0644. The molecule has 0 bridgehead atoms. The van der Waals surface area contributed by atoms with Crippen LogP contribution in [0.15, 0.2) is 18.2 Å². The summed E-state index contributed by atoms with van der Waals surface area (Å²) in [6.45, 7) is 4.41. The van der Waals surface area contributed by atoms with Crippen LogP contribution in [0.3, 0.4) is 0 Å². The van der Waals surface area contributed by atoms with Gasteiger partial charge in [-0.25, -0.2) is 0 Å². The van der Waals surface area contributed by atoms with Gasteiger partial charge in [0.1, 0.15) is 11.6 Å². The van der Waals surface area contributed by atoms with Gasteiger partial charge in [0, 0.05) is 11.1 Å². The van der Waals surface area contributed by atoms with Gasteiger partial charge < -0.3 is 15.2 Å². The summed E-state index contributed by atoms with van der Waals surface area (Å²) < 4.78 is 10.7. The Morgan fingerprint density at radius 2 is 2.12 bits per heavy atom. The minimum absolute atomic E-state index is 0.0495. The molecule has 1 aromatic rings. The first-order valence-electron chi connectivity index (χ1n) is 5.17. The van der Waals surface area contributed by atoms with Gasteiger partial charge in [-0.15, -0.1) is 0 Å². The predicted molar refractivity (Wildman–Crippen MR) is 63.9 cm³/mol. The summed E-state index contributed by atoms with van der Waals surface area (Å²) in [7, 11) is 1.61. The number of hydrogen-bond donors (Lipinski definition) is 2. The average molecular weight is 222 g/mol. The maximum atomic E-state index is 7.37. The molecule has 0 heterocycles. The molecule has 3 N–H and O–H groups in total. The van der Waals surface area contributed by atoms with Crippen LogP contribution in [0.5, 0.6) is 5.75 Å². The Labute approximate surface area is 95.9 Å². The Kier molecular flexibility index (Phi) is 4.31. The van der Waals surface area contributed by atoms with Crippen molar-refractivity contribution in [3.05, 3.63) is 29.3 Å². The first-order chi connectivity index (χ1) is 7.54. The van der Waals surface area contributed by atoms with Gasteiger partial charge in [-0.3, -0.25) is 5.41 Å². The number of benzene rings is 1. The lowest BCUT2D eigenvalue weighted by atomic mass is 10.1. The van der Waals surface area contributed by atoms with Gasteiger partial charge in [0.05, 0.1) is 19.8 Å². The molecule has 0 fully saturated rings. The summed E-state index contributed by atoms with van der Waals surface area (Å²) >= 11 is 0. The Balaban J connectivity index is 2.93. The SMILES string of the molecule is COc1ccc(C(=N)N)cc1COC(C)C. The number of nitrogens with one attached hydrogen (secondary N) is 1. The Bertz CT molecular complexity index is 375. The van der Waals surface area contributed by atoms with E-state index in [0.717, 1.165) is 11.3 Å². The van der Waals surface area contributed by atoms with Crippen LogP contribution in [0.4, 0.5) is 0 Å². The fourth-order valence-electron chi connectivity index (χ4n) is 1.32. The molecule has 0 amide bonds. The van der Waals surface area contributed by atoms with Crippen LogP contribution in [0.25, 0.3) is 0 Å². The first kappa shape index (κ1) is 12.5. The Morgan fingerprint density at radius 1 is 1.44 bits per heavy atom. The van der Waals surface area contributed by atoms with Crippen LogP contribution >= 0.6 is 0 Å². The molecule has 16 heavy (non-hydrogen) atoms. The minimum atomic E-state index is 0.0495. The molecule has 0 aliphatic carbocycles. The van der Waals surface area contributed by atoms with E-state index >= 15 is 0 Å². The van der Waals surface area contributed by atoms with Crippen LogP contribution in [0, 0.1) is 5.41 Å². The van der Waals surface area contributed by atoms with Crippen molar-refractivity contribution in [3.8, 4) is 5.75 Å². The number of nitrogen functional groups attached to an aromatic ring is 1. The van der Waals surface area contributed by atoms with Crippen molar-refractivity contribution in [3.63, 3.8) is 0 Å². The molecule has 4 nitrogen and oxygen atoms in total. The smallest absolute Gasteiger partial charge is 0.124 e. The topological polar surface area (TPSA) is 68.3 Å². The van der Waals surface area contributed by atoms with Crippen molar-refractivity contribution in [2.45, 2.75) is 26.6 Å². The molecule has 1 aromatic carbocycles. The molecule has 0 aromatic heterocycles. The lowest BCUT2D eigenvalue weighted by Gasteiger charge is -2.12. The van der Waals surface area contributed by atoms with E-state index in [-0.39, 0.29) is 11.9 Å². The van der Waals surface area contributed by atoms with Crippen LogP contribution in [0.2, 0.25) is 0 Å². The van der Waals surface area contributed by atoms with Crippen LogP contribution in [-0.2, 0) is 11.3 Å². The fourth-order valence-corrected chi connectivity index (χ4v) is 1.32. The zero-order chi connectivity index (χ0) is 12.1. The van der Waals surface area contributed by atoms with E-state index in [1.54, 1.807) is 19.2 Å². The van der Waals surface area contributed by atoms with Crippen molar-refractivity contribution < 1.29 is 9.47 Å². The minimum Gasteiger partial charge on any atom is -0.496 e. The molecule has 4 heteroatoms. The highest BCUT2D eigenvalue weighted by molar-refractivity contribution is 5.95. The highest BCUT2D eigenvalue weighted by Gasteiger charge is 2.07. The molecule has 0 saturated carbocycles. The molecule has 88 valence electrons. The van der Waals surface area contributed by atoms with E-state index in [1.165, 1.54) is 0 Å². The standard InChI is InChI=1S/C12H18N2O2/c1-8(2)16-7-10-6-9(12(13)14)4-5-11(10)15-3/h4-6,8H,7H2,1-3H3,(H3,13,14). The summed E-state index contributed by atoms with van der Waals surface area (Å²) in [5, 5.41) is 7.37. The largest absolute Gasteiger partial charge is 0.496 e. The van der Waals surface area contributed by atoms with Gasteiger partial charge in [-0.2, -0.15) is 0 Å². The number of rotatable bonds is 5. The molecule has 1 rings (SSSR count). The second-order valence-corrected chi connectivity index (χ2v) is 3.80. The average Bonchev–Trinajstić information content (AvgIpc) is 2.25. The fraction of sp³-hybridized carbons (Fsp3) is 0.417. The van der Waals surface area contributed by atoms with E-state index in [2.05, 4.69) is 0 Å². The quantitative estimate of drug-likeness (QED) is 0.590. The molecule has 0 unspecified atom stereocenters. The third-order valence-electron chi connectivity index (χ3n) is 2.16. The van der Waals surface area contributed by atoms with E-state index in [9.17, 15) is 0 Å². The van der Waals surface area contributed by atoms with Crippen molar-refractivity contribution in [2.24, 2.45) is 5.73 Å². The molecular weight excluding hydrogens is 204 g/mol. The van der Waals surface area contributed by atoms with E-state index in [0.29, 0.717) is 12.2 Å². The normalized spacial score (nSPS) is 10.5. The van der Waals surface area contributed by atoms with E-state index in [4.69, 9.17) is 20.6 Å². The Hall–Kier alpha value is -1.55. The Morgan fingerprint density at radius 3 is 2.62 bits per heavy atom. The highest BCUT2D eigenvalue weighted by Crippen LogP contribution is 2.21. The maximum Gasteiger partial charge on any atom is 0.124 e. The summed E-state index contributed by atoms with van der Waals surface area (Å²) in [6, 6.07) is 5.39. The number of amidine groups is 1. The maximum absolute atomic E-state index is 7.37. The van der Waals surface area contributed by atoms with Gasteiger partial charge in [0.25, 0.3) is 0 Å². The van der Waals surface area contributed by atoms with E-state index in [1.807, 2.05) is 19.9 Å². The van der Waals surface area contributed by atoms with Gasteiger partial charge in [0.15, 0.2) is 0 Å². The van der Waals surface area contributed by atoms with Gasteiger partial charge >= 0.3 is 0 Å². The van der Waals surface area contributed by atoms with E-state index < -0.39 is 0 Å². The van der Waals surface area contributed by atoms with Crippen molar-refractivity contribution in [1.82, 2.24) is 0 Å². The van der Waals surface area contributed by atoms with Crippen LogP contribution in [-0.4, -0.2) is 19.0 Å². The molecule has 0 saturated heterocycles. The molecule has 0 radical (unpaired) electrons. The van der Waals surface area contributed by atoms with Crippen molar-refractivity contribution >= 4 is 5.84 Å². The molecular formula is C12H18N2O2. The number of methoxy groups -OCH3 is 1. The van der Waals surface area contributed by atoms with Crippen molar-refractivity contribution in [1.29, 1.82) is 5.41 Å². The number of ether oxygens (including phenoxy) is 2. The second-order valence-electron chi connectivity index (χ2n) is 3.80. The molecule has 0 aliphatic heterocycles. The molecule has 0 atom stereocenters. The molecule has 0 spiro atoms. The van der Waals surface area contributed by atoms with Crippen LogP contribution in [0.1, 0.15) is 25.0 Å². The highest BCUT2D eigenvalue weighted by atomic mass is 16.5. The third kappa shape index (κ3) is 3.24. The third-order valence-corrected chi connectivity index (χ3v) is 2.16. The molecule has 0 aliphatic rings. The van der Waals surface area contributed by atoms with Gasteiger partial charge in [-0.05, 0) is 32.0 Å². The second kappa shape index (κ2) is 5.51. The number of hydrogen-bond acceptors (Lipinski definition) is 3. The summed E-state index contributed by atoms with van der Waals surface area (Å²) in [4.78, 5) is 0. The number of nitrogens with two attached hydrogens (primary N) is 1. The first-order valence-corrected chi connectivity index (χ1v) is 5.17. The van der Waals surface area contributed by atoms with Crippen molar-refractivity contribution in [2.75, 3.05) is 7.11 Å². The van der Waals surface area contributed by atoms with Gasteiger partial charge in [-0.1, -0.05) is 0 Å². The van der Waals surface area contributed by atoms with Gasteiger partial charge in [0.2, 0.25) is 0 Å². The summed E-state index contributed by atoms with van der Waals surface area (Å²) in [5.41, 5.74) is 7.02. The summed E-state index contributed by atoms with van der Waals surface area (Å²) in [6.07, 6.45) is 0.158. The zero-order valence-corrected chi connectivity index (χ0v) is 9.91. The predicted octanol–water partition coefficient (Wildman–Crippen LogP) is 1.90. The monoisotopic (exact) mass is 222 g/mol.